The van der Waals surface area contributed by atoms with Crippen LogP contribution in [0.4, 0.5) is 46.4 Å². The Morgan fingerprint density at radius 3 is 2.53 bits per heavy atom. The van der Waals surface area contributed by atoms with Gasteiger partial charge in [-0.3, -0.25) is 4.98 Å². The summed E-state index contributed by atoms with van der Waals surface area (Å²) >= 11 is 0. The van der Waals surface area contributed by atoms with Gasteiger partial charge in [0.15, 0.2) is 11.6 Å². The molecule has 1 aliphatic heterocycles. The van der Waals surface area contributed by atoms with Gasteiger partial charge in [0.05, 0.1) is 36.9 Å². The highest BCUT2D eigenvalue weighted by Crippen LogP contribution is 2.35. The minimum Gasteiger partial charge on any atom is -0.378 e. The number of pyridine rings is 1. The lowest BCUT2D eigenvalue weighted by atomic mass is 10.1. The largest absolute Gasteiger partial charge is 0.416 e. The van der Waals surface area contributed by atoms with E-state index in [0.29, 0.717) is 55.5 Å². The first kappa shape index (κ1) is 25.3. The summed E-state index contributed by atoms with van der Waals surface area (Å²) in [4.78, 5) is 20.1. The average molecular weight is 504 g/mol. The van der Waals surface area contributed by atoms with E-state index in [0.717, 1.165) is 18.3 Å². The van der Waals surface area contributed by atoms with E-state index in [4.69, 9.17) is 4.74 Å². The zero-order chi connectivity index (χ0) is 25.7. The Morgan fingerprint density at radius 2 is 1.86 bits per heavy atom. The smallest absolute Gasteiger partial charge is 0.378 e. The fourth-order valence-electron chi connectivity index (χ4n) is 3.52. The number of anilines is 4. The molecule has 190 valence electrons. The zero-order valence-electron chi connectivity index (χ0n) is 19.8. The third-order valence-electron chi connectivity index (χ3n) is 5.41. The lowest BCUT2D eigenvalue weighted by Crippen LogP contribution is -2.37. The van der Waals surface area contributed by atoms with Crippen LogP contribution in [0.5, 0.6) is 0 Å². The van der Waals surface area contributed by atoms with Crippen LogP contribution in [0.2, 0.25) is 0 Å². The van der Waals surface area contributed by atoms with Gasteiger partial charge >= 0.3 is 6.18 Å². The second-order valence-electron chi connectivity index (χ2n) is 8.28. The minimum absolute atomic E-state index is 0.137. The van der Waals surface area contributed by atoms with E-state index in [2.05, 4.69) is 25.3 Å². The van der Waals surface area contributed by atoms with Crippen LogP contribution in [0.15, 0.2) is 47.7 Å². The molecule has 1 aliphatic rings. The maximum absolute atomic E-state index is 14.1. The Balaban J connectivity index is 1.41. The van der Waals surface area contributed by atoms with Crippen LogP contribution in [0, 0.1) is 5.82 Å². The first-order valence-electron chi connectivity index (χ1n) is 11.2. The van der Waals surface area contributed by atoms with Gasteiger partial charge in [-0.05, 0) is 30.3 Å². The van der Waals surface area contributed by atoms with E-state index < -0.39 is 17.6 Å². The van der Waals surface area contributed by atoms with Crippen molar-refractivity contribution in [2.75, 3.05) is 55.5 Å². The maximum Gasteiger partial charge on any atom is 0.416 e. The van der Waals surface area contributed by atoms with Gasteiger partial charge in [0.2, 0.25) is 0 Å². The Hall–Kier alpha value is -3.80. The Bertz CT molecular complexity index is 1210. The van der Waals surface area contributed by atoms with Crippen molar-refractivity contribution in [2.45, 2.75) is 12.6 Å². The molecule has 0 unspecified atom stereocenters. The van der Waals surface area contributed by atoms with Crippen molar-refractivity contribution in [3.8, 4) is 0 Å². The Morgan fingerprint density at radius 1 is 1.08 bits per heavy atom. The van der Waals surface area contributed by atoms with E-state index >= 15 is 0 Å². The van der Waals surface area contributed by atoms with Gasteiger partial charge in [-0.15, -0.1) is 0 Å². The van der Waals surface area contributed by atoms with Crippen LogP contribution < -0.4 is 15.1 Å². The molecule has 4 rings (SSSR count). The number of alkyl halides is 3. The Kier molecular flexibility index (Phi) is 7.63. The lowest BCUT2D eigenvalue weighted by Gasteiger charge is -2.27. The second-order valence-corrected chi connectivity index (χ2v) is 8.28. The van der Waals surface area contributed by atoms with E-state index in [1.807, 2.05) is 0 Å². The van der Waals surface area contributed by atoms with Crippen LogP contribution in [-0.2, 0) is 17.3 Å². The molecule has 12 heteroatoms. The quantitative estimate of drug-likeness (QED) is 0.372. The van der Waals surface area contributed by atoms with Crippen LogP contribution in [0.25, 0.3) is 0 Å². The molecule has 3 aromatic rings. The van der Waals surface area contributed by atoms with Crippen molar-refractivity contribution >= 4 is 35.0 Å². The predicted octanol–water partition coefficient (Wildman–Crippen LogP) is 4.62. The predicted molar refractivity (Wildman–Crippen MR) is 130 cm³/mol. The maximum atomic E-state index is 14.1. The summed E-state index contributed by atoms with van der Waals surface area (Å²) in [6, 6.07) is 7.24. The van der Waals surface area contributed by atoms with Crippen molar-refractivity contribution in [3.63, 3.8) is 0 Å². The molecule has 2 aromatic heterocycles. The number of aliphatic imine (C=N–C) groups is 1. The molecule has 1 saturated heterocycles. The molecule has 36 heavy (non-hydrogen) atoms. The summed E-state index contributed by atoms with van der Waals surface area (Å²) < 4.78 is 59.3. The van der Waals surface area contributed by atoms with Crippen molar-refractivity contribution < 1.29 is 22.3 Å². The molecule has 0 bridgehead atoms. The highest BCUT2D eigenvalue weighted by Gasteiger charge is 2.31. The van der Waals surface area contributed by atoms with E-state index in [1.54, 1.807) is 48.3 Å². The zero-order valence-corrected chi connectivity index (χ0v) is 19.8. The van der Waals surface area contributed by atoms with Crippen molar-refractivity contribution in [2.24, 2.45) is 4.99 Å². The number of nitrogens with one attached hydrogen (secondary N) is 1. The van der Waals surface area contributed by atoms with Gasteiger partial charge < -0.3 is 19.9 Å². The fraction of sp³-hybridized carbons (Fsp3) is 0.333. The van der Waals surface area contributed by atoms with Crippen molar-refractivity contribution in [3.05, 3.63) is 59.8 Å². The van der Waals surface area contributed by atoms with Crippen molar-refractivity contribution in [1.82, 2.24) is 15.0 Å². The average Bonchev–Trinajstić information content (AvgIpc) is 2.86. The number of hydrogen-bond donors (Lipinski definition) is 1. The molecule has 3 heterocycles. The van der Waals surface area contributed by atoms with E-state index in [1.165, 1.54) is 6.20 Å². The van der Waals surface area contributed by atoms with Gasteiger partial charge in [0.25, 0.3) is 5.95 Å². The van der Waals surface area contributed by atoms with Crippen LogP contribution in [-0.4, -0.2) is 61.6 Å². The molecule has 1 N–H and O–H groups in total. The number of ether oxygens (including phenoxy) is 1. The van der Waals surface area contributed by atoms with E-state index in [-0.39, 0.29) is 11.8 Å². The number of benzene rings is 1. The highest BCUT2D eigenvalue weighted by atomic mass is 19.4. The molecule has 1 fully saturated rings. The van der Waals surface area contributed by atoms with Crippen LogP contribution in [0.1, 0.15) is 11.3 Å². The molecule has 0 radical (unpaired) electrons. The molecule has 0 spiro atoms. The third-order valence-corrected chi connectivity index (χ3v) is 5.41. The van der Waals surface area contributed by atoms with Crippen LogP contribution in [0.3, 0.4) is 0 Å². The SMILES string of the molecule is CN(C)c1cc(Nc2ccc(CC=Nc3ncc(F)c(N4CCOCC4)n3)nc2)cc(C(F)(F)F)c1. The topological polar surface area (TPSA) is 78.8 Å². The highest BCUT2D eigenvalue weighted by molar-refractivity contribution is 5.67. The minimum atomic E-state index is -4.46. The number of rotatable bonds is 7. The van der Waals surface area contributed by atoms with E-state index in [9.17, 15) is 17.6 Å². The standard InChI is InChI=1S/C24H25F4N7O/c1-34(2)20-12-16(24(26,27)28)11-19(13-20)32-18-4-3-17(30-14-18)5-6-29-23-31-15-21(25)22(33-23)35-7-9-36-10-8-35/h3-4,6,11-15,32H,5,7-10H2,1-2H3. The normalized spacial score (nSPS) is 14.3. The van der Waals surface area contributed by atoms with Gasteiger partial charge in [-0.2, -0.15) is 18.2 Å². The summed E-state index contributed by atoms with van der Waals surface area (Å²) in [5.74, 6) is -0.183. The van der Waals surface area contributed by atoms with Crippen molar-refractivity contribution in [1.29, 1.82) is 0 Å². The summed E-state index contributed by atoms with van der Waals surface area (Å²) in [7, 11) is 3.36. The molecule has 0 aliphatic carbocycles. The molecular weight excluding hydrogens is 478 g/mol. The molecule has 0 amide bonds. The summed E-state index contributed by atoms with van der Waals surface area (Å²) in [5.41, 5.74) is 1.20. The molecule has 8 nitrogen and oxygen atoms in total. The lowest BCUT2D eigenvalue weighted by molar-refractivity contribution is -0.137. The number of nitrogens with zero attached hydrogens (tertiary/aromatic N) is 6. The first-order chi connectivity index (χ1) is 17.2. The number of morpholine rings is 1. The van der Waals surface area contributed by atoms with Crippen LogP contribution >= 0.6 is 0 Å². The van der Waals surface area contributed by atoms with Gasteiger partial charge in [-0.25, -0.2) is 14.4 Å². The summed E-state index contributed by atoms with van der Waals surface area (Å²) in [6.45, 7) is 2.09. The second kappa shape index (κ2) is 10.9. The van der Waals surface area contributed by atoms with Gasteiger partial charge in [-0.1, -0.05) is 0 Å². The molecule has 0 atom stereocenters. The number of aromatic nitrogens is 3. The summed E-state index contributed by atoms with van der Waals surface area (Å²) in [5, 5.41) is 2.97. The monoisotopic (exact) mass is 503 g/mol. The molecular formula is C24H25F4N7O. The van der Waals surface area contributed by atoms with Gasteiger partial charge in [0, 0.05) is 56.9 Å². The van der Waals surface area contributed by atoms with Gasteiger partial charge in [0.1, 0.15) is 0 Å². The number of halogens is 4. The fourth-order valence-corrected chi connectivity index (χ4v) is 3.52. The third kappa shape index (κ3) is 6.45. The molecule has 1 aromatic carbocycles. The summed E-state index contributed by atoms with van der Waals surface area (Å²) in [6.07, 6.45) is 0.105. The first-order valence-corrected chi connectivity index (χ1v) is 11.2. The number of hydrogen-bond acceptors (Lipinski definition) is 8. The molecule has 0 saturated carbocycles. The Labute approximate surface area is 205 Å².